The molecule has 0 unspecified atom stereocenters. The minimum Gasteiger partial charge on any atom is -0.319 e. The van der Waals surface area contributed by atoms with Crippen LogP contribution in [0.5, 0.6) is 0 Å². The maximum atomic E-state index is 12.6. The van der Waals surface area contributed by atoms with Crippen LogP contribution in [0.15, 0.2) is 58.5 Å². The molecule has 0 bridgehead atoms. The van der Waals surface area contributed by atoms with Crippen molar-refractivity contribution >= 4 is 28.0 Å². The number of aryl methyl sites for hydroxylation is 1. The van der Waals surface area contributed by atoms with Gasteiger partial charge in [-0.15, -0.1) is 0 Å². The topological polar surface area (TPSA) is 106 Å². The van der Waals surface area contributed by atoms with Crippen LogP contribution in [-0.2, 0) is 14.6 Å². The van der Waals surface area contributed by atoms with Gasteiger partial charge in [0.25, 0.3) is 5.69 Å². The van der Waals surface area contributed by atoms with Crippen LogP contribution in [-0.4, -0.2) is 19.8 Å². The summed E-state index contributed by atoms with van der Waals surface area (Å²) in [6, 6.07) is 11.5. The normalized spacial score (nSPS) is 11.8. The monoisotopic (exact) mass is 346 g/mol. The molecule has 0 spiro atoms. The van der Waals surface area contributed by atoms with Crippen molar-refractivity contribution in [1.29, 1.82) is 0 Å². The Morgan fingerprint density at radius 2 is 1.67 bits per heavy atom. The molecule has 0 aliphatic rings. The maximum Gasteiger partial charge on any atom is 0.269 e. The van der Waals surface area contributed by atoms with Crippen LogP contribution in [0.4, 0.5) is 5.69 Å². The molecule has 0 heterocycles. The number of non-ortho nitro benzene ring substituents is 1. The number of carbonyl (C=O) groups excluding carboxylic acids is 1. The molecule has 2 rings (SSSR count). The molecule has 8 heteroatoms. The average molecular weight is 346 g/mol. The molecule has 0 aliphatic carbocycles. The minimum atomic E-state index is -3.92. The van der Waals surface area contributed by atoms with Crippen molar-refractivity contribution in [3.8, 4) is 0 Å². The van der Waals surface area contributed by atoms with E-state index in [1.807, 2.05) is 6.92 Å². The van der Waals surface area contributed by atoms with Crippen molar-refractivity contribution in [3.05, 3.63) is 74.8 Å². The summed E-state index contributed by atoms with van der Waals surface area (Å²) in [6.45, 7) is 1.83. The molecule has 2 aromatic rings. The van der Waals surface area contributed by atoms with Gasteiger partial charge in [-0.05, 0) is 42.8 Å². The summed E-state index contributed by atoms with van der Waals surface area (Å²) in [4.78, 5) is 20.9. The molecule has 0 aliphatic heterocycles. The van der Waals surface area contributed by atoms with Crippen molar-refractivity contribution in [2.75, 3.05) is 0 Å². The fourth-order valence-electron chi connectivity index (χ4n) is 1.94. The third-order valence-electron chi connectivity index (χ3n) is 3.22. The van der Waals surface area contributed by atoms with Gasteiger partial charge in [0.2, 0.25) is 16.2 Å². The van der Waals surface area contributed by atoms with Gasteiger partial charge in [-0.1, -0.05) is 17.7 Å². The summed E-state index contributed by atoms with van der Waals surface area (Å²) in [7, 11) is -3.92. The fourth-order valence-corrected chi connectivity index (χ4v) is 3.19. The number of hydrogen-bond donors (Lipinski definition) is 1. The Bertz CT molecular complexity index is 885. The SMILES string of the molecule is Cc1ccc(S(=O)(=O)/C(=C/c2ccc([N+](=O)[O-])cc2)NC=O)cc1. The lowest BCUT2D eigenvalue weighted by Gasteiger charge is -2.08. The third kappa shape index (κ3) is 3.85. The second-order valence-corrected chi connectivity index (χ2v) is 6.85. The second kappa shape index (κ2) is 7.05. The number of carbonyl (C=O) groups is 1. The van der Waals surface area contributed by atoms with Gasteiger partial charge in [0.05, 0.1) is 9.82 Å². The summed E-state index contributed by atoms with van der Waals surface area (Å²) in [6.07, 6.45) is 1.51. The summed E-state index contributed by atoms with van der Waals surface area (Å²) < 4.78 is 25.2. The first-order valence-corrected chi connectivity index (χ1v) is 8.31. The zero-order valence-corrected chi connectivity index (χ0v) is 13.5. The van der Waals surface area contributed by atoms with Gasteiger partial charge < -0.3 is 5.32 Å². The van der Waals surface area contributed by atoms with Crippen LogP contribution in [0, 0.1) is 17.0 Å². The van der Waals surface area contributed by atoms with E-state index in [9.17, 15) is 23.3 Å². The van der Waals surface area contributed by atoms with Crippen molar-refractivity contribution in [1.82, 2.24) is 5.32 Å². The number of nitro groups is 1. The predicted octanol–water partition coefficient (Wildman–Crippen LogP) is 2.42. The Hall–Kier alpha value is -3.00. The number of hydrogen-bond acceptors (Lipinski definition) is 5. The molecule has 0 saturated carbocycles. The number of rotatable bonds is 6. The molecule has 0 atom stereocenters. The summed E-state index contributed by atoms with van der Waals surface area (Å²) in [5, 5.41) is 12.5. The highest BCUT2D eigenvalue weighted by Gasteiger charge is 2.20. The smallest absolute Gasteiger partial charge is 0.269 e. The van der Waals surface area contributed by atoms with Crippen molar-refractivity contribution in [2.24, 2.45) is 0 Å². The summed E-state index contributed by atoms with van der Waals surface area (Å²) in [5.74, 6) is 0. The highest BCUT2D eigenvalue weighted by molar-refractivity contribution is 7.95. The average Bonchev–Trinajstić information content (AvgIpc) is 2.55. The first kappa shape index (κ1) is 17.4. The second-order valence-electron chi connectivity index (χ2n) is 4.94. The molecule has 2 aromatic carbocycles. The number of nitrogens with zero attached hydrogens (tertiary/aromatic N) is 1. The van der Waals surface area contributed by atoms with E-state index < -0.39 is 14.8 Å². The van der Waals surface area contributed by atoms with Crippen molar-refractivity contribution < 1.29 is 18.1 Å². The van der Waals surface area contributed by atoms with Gasteiger partial charge in [-0.25, -0.2) is 8.42 Å². The lowest BCUT2D eigenvalue weighted by atomic mass is 10.2. The van der Waals surface area contributed by atoms with Crippen LogP contribution in [0.25, 0.3) is 6.08 Å². The number of benzene rings is 2. The van der Waals surface area contributed by atoms with E-state index in [0.29, 0.717) is 5.56 Å². The van der Waals surface area contributed by atoms with Crippen molar-refractivity contribution in [3.63, 3.8) is 0 Å². The van der Waals surface area contributed by atoms with Gasteiger partial charge >= 0.3 is 0 Å². The van der Waals surface area contributed by atoms with Gasteiger partial charge in [-0.3, -0.25) is 14.9 Å². The Balaban J connectivity index is 2.45. The number of nitro benzene ring substituents is 1. The molecule has 24 heavy (non-hydrogen) atoms. The molecule has 0 fully saturated rings. The highest BCUT2D eigenvalue weighted by Crippen LogP contribution is 2.21. The van der Waals surface area contributed by atoms with E-state index in [2.05, 4.69) is 5.32 Å². The summed E-state index contributed by atoms with van der Waals surface area (Å²) >= 11 is 0. The molecule has 7 nitrogen and oxygen atoms in total. The fraction of sp³-hybridized carbons (Fsp3) is 0.0625. The van der Waals surface area contributed by atoms with Crippen LogP contribution >= 0.6 is 0 Å². The molecular weight excluding hydrogens is 332 g/mol. The van der Waals surface area contributed by atoms with Gasteiger partial charge in [-0.2, -0.15) is 0 Å². The molecule has 124 valence electrons. The van der Waals surface area contributed by atoms with Gasteiger partial charge in [0.15, 0.2) is 0 Å². The first-order valence-electron chi connectivity index (χ1n) is 6.82. The van der Waals surface area contributed by atoms with Crippen LogP contribution in [0.3, 0.4) is 0 Å². The van der Waals surface area contributed by atoms with Crippen LogP contribution in [0.1, 0.15) is 11.1 Å². The Morgan fingerprint density at radius 3 is 2.17 bits per heavy atom. The Kier molecular flexibility index (Phi) is 5.10. The van der Waals surface area contributed by atoms with Gasteiger partial charge in [0, 0.05) is 12.1 Å². The molecule has 0 radical (unpaired) electrons. The molecular formula is C16H14N2O5S. The quantitative estimate of drug-likeness (QED) is 0.491. The largest absolute Gasteiger partial charge is 0.319 e. The standard InChI is InChI=1S/C16H14N2O5S/c1-12-2-8-15(9-3-12)24(22,23)16(17-11-19)10-13-4-6-14(7-5-13)18(20)21/h2-11H,1H3,(H,17,19)/b16-10+. The number of sulfone groups is 1. The van der Waals surface area contributed by atoms with E-state index in [0.717, 1.165) is 5.56 Å². The van der Waals surface area contributed by atoms with E-state index in [4.69, 9.17) is 0 Å². The minimum absolute atomic E-state index is 0.0376. The maximum absolute atomic E-state index is 12.6. The van der Waals surface area contributed by atoms with Crippen LogP contribution in [0.2, 0.25) is 0 Å². The molecule has 0 saturated heterocycles. The zero-order valence-electron chi connectivity index (χ0n) is 12.7. The highest BCUT2D eigenvalue weighted by atomic mass is 32.2. The Morgan fingerprint density at radius 1 is 1.08 bits per heavy atom. The first-order chi connectivity index (χ1) is 11.3. The number of amides is 1. The summed E-state index contributed by atoms with van der Waals surface area (Å²) in [5.41, 5.74) is 1.19. The van der Waals surface area contributed by atoms with Crippen molar-refractivity contribution in [2.45, 2.75) is 11.8 Å². The molecule has 1 amide bonds. The molecule has 0 aromatic heterocycles. The Labute approximate surface area is 138 Å². The van der Waals surface area contributed by atoms with Crippen LogP contribution < -0.4 is 5.32 Å². The van der Waals surface area contributed by atoms with E-state index in [1.54, 1.807) is 12.1 Å². The van der Waals surface area contributed by atoms with Gasteiger partial charge in [0.1, 0.15) is 5.03 Å². The molecule has 1 N–H and O–H groups in total. The van der Waals surface area contributed by atoms with E-state index in [-0.39, 0.29) is 22.0 Å². The van der Waals surface area contributed by atoms with E-state index >= 15 is 0 Å². The lowest BCUT2D eigenvalue weighted by Crippen LogP contribution is -2.19. The lowest BCUT2D eigenvalue weighted by molar-refractivity contribution is -0.384. The predicted molar refractivity (Wildman–Crippen MR) is 88.6 cm³/mol. The zero-order chi connectivity index (χ0) is 17.7. The number of nitrogens with one attached hydrogen (secondary N) is 1. The third-order valence-corrected chi connectivity index (χ3v) is 4.93. The van der Waals surface area contributed by atoms with E-state index in [1.165, 1.54) is 42.5 Å².